The number of nitrogens with zero attached hydrogens (tertiary/aromatic N) is 5. The minimum atomic E-state index is -2.70. The third-order valence-electron chi connectivity index (χ3n) is 5.48. The Kier molecular flexibility index (Phi) is 7.17. The molecule has 3 heterocycles. The number of aromatic nitrogens is 5. The van der Waals surface area contributed by atoms with E-state index < -0.39 is 12.9 Å². The van der Waals surface area contributed by atoms with Crippen LogP contribution in [0.2, 0.25) is 5.15 Å². The second-order valence-corrected chi connectivity index (χ2v) is 8.93. The van der Waals surface area contributed by atoms with E-state index >= 15 is 0 Å². The maximum Gasteiger partial charge on any atom is 0.254 e. The highest BCUT2D eigenvalue weighted by Gasteiger charge is 2.20. The Balaban J connectivity index is 1.74. The molecule has 4 N–H and O–H groups in total. The predicted molar refractivity (Wildman–Crippen MR) is 145 cm³/mol. The predicted octanol–water partition coefficient (Wildman–Crippen LogP) is 4.38. The average Bonchev–Trinajstić information content (AvgIpc) is 3.38. The second kappa shape index (κ2) is 11.9. The molecule has 0 aliphatic carbocycles. The maximum absolute atomic E-state index is 12.8. The highest BCUT2D eigenvalue weighted by molar-refractivity contribution is 6.29. The van der Waals surface area contributed by atoms with E-state index in [2.05, 4.69) is 25.4 Å². The number of methoxy groups -OCH3 is 1. The fourth-order valence-corrected chi connectivity index (χ4v) is 3.83. The van der Waals surface area contributed by atoms with Crippen LogP contribution in [0.15, 0.2) is 48.9 Å². The van der Waals surface area contributed by atoms with Gasteiger partial charge < -0.3 is 25.8 Å². The third-order valence-corrected chi connectivity index (χ3v) is 5.68. The lowest BCUT2D eigenvalue weighted by Crippen LogP contribution is -2.19. The molecule has 3 aromatic heterocycles. The molecule has 198 valence electrons. The number of nitrogens with two attached hydrogens (primary N) is 1. The van der Waals surface area contributed by atoms with Crippen LogP contribution in [0.1, 0.15) is 45.6 Å². The van der Waals surface area contributed by atoms with E-state index in [0.29, 0.717) is 34.3 Å². The lowest BCUT2D eigenvalue weighted by molar-refractivity contribution is 0.0963. The van der Waals surface area contributed by atoms with E-state index in [9.17, 15) is 4.79 Å². The Morgan fingerprint density at radius 3 is 2.76 bits per heavy atom. The van der Waals surface area contributed by atoms with Gasteiger partial charge in [0.15, 0.2) is 11.6 Å². The molecule has 11 nitrogen and oxygen atoms in total. The van der Waals surface area contributed by atoms with Gasteiger partial charge >= 0.3 is 0 Å². The second-order valence-electron chi connectivity index (χ2n) is 8.54. The van der Waals surface area contributed by atoms with Crippen molar-refractivity contribution in [2.75, 3.05) is 25.1 Å². The van der Waals surface area contributed by atoms with Gasteiger partial charge in [0.05, 0.1) is 48.5 Å². The van der Waals surface area contributed by atoms with Crippen LogP contribution < -0.4 is 21.1 Å². The summed E-state index contributed by atoms with van der Waals surface area (Å²) in [7, 11) is 1.49. The van der Waals surface area contributed by atoms with E-state index in [1.165, 1.54) is 19.4 Å². The average molecular weight is 540 g/mol. The van der Waals surface area contributed by atoms with Crippen molar-refractivity contribution in [1.82, 2.24) is 30.0 Å². The summed E-state index contributed by atoms with van der Waals surface area (Å²) in [6.45, 7) is 1.66. The van der Waals surface area contributed by atoms with Crippen LogP contribution in [-0.4, -0.2) is 44.7 Å². The van der Waals surface area contributed by atoms with Crippen molar-refractivity contribution in [1.29, 1.82) is 0 Å². The number of halogens is 1. The molecule has 0 radical (unpaired) electrons. The molecular formula is C26H29ClN8O3. The van der Waals surface area contributed by atoms with Crippen molar-refractivity contribution in [2.45, 2.75) is 33.1 Å². The molecule has 12 heteroatoms. The van der Waals surface area contributed by atoms with Crippen LogP contribution in [0.25, 0.3) is 11.4 Å². The number of amides is 1. The minimum Gasteiger partial charge on any atom is -0.494 e. The fourth-order valence-electron chi connectivity index (χ4n) is 3.68. The van der Waals surface area contributed by atoms with E-state index in [-0.39, 0.29) is 35.7 Å². The van der Waals surface area contributed by atoms with Gasteiger partial charge in [-0.3, -0.25) is 4.79 Å². The lowest BCUT2D eigenvalue weighted by Gasteiger charge is -2.18. The van der Waals surface area contributed by atoms with Gasteiger partial charge in [0.1, 0.15) is 17.3 Å². The van der Waals surface area contributed by atoms with Crippen LogP contribution >= 0.6 is 11.6 Å². The zero-order valence-electron chi connectivity index (χ0n) is 24.0. The van der Waals surface area contributed by atoms with E-state index in [1.54, 1.807) is 29.2 Å². The minimum absolute atomic E-state index is 0.0364. The first-order valence-corrected chi connectivity index (χ1v) is 12.0. The summed E-state index contributed by atoms with van der Waals surface area (Å²) in [5.41, 5.74) is 8.33. The van der Waals surface area contributed by atoms with Gasteiger partial charge in [0, 0.05) is 23.3 Å². The van der Waals surface area contributed by atoms with Gasteiger partial charge in [-0.05, 0) is 49.7 Å². The topological polar surface area (TPSA) is 142 Å². The van der Waals surface area contributed by atoms with Crippen LogP contribution in [0.4, 0.5) is 17.2 Å². The molecule has 1 aromatic carbocycles. The summed E-state index contributed by atoms with van der Waals surface area (Å²) in [4.78, 5) is 25.4. The number of pyridine rings is 2. The molecule has 38 heavy (non-hydrogen) atoms. The first-order chi connectivity index (χ1) is 19.4. The number of rotatable bonds is 10. The van der Waals surface area contributed by atoms with Crippen molar-refractivity contribution in [3.05, 3.63) is 70.9 Å². The van der Waals surface area contributed by atoms with Crippen LogP contribution in [0.5, 0.6) is 5.75 Å². The smallest absolute Gasteiger partial charge is 0.254 e. The number of hydrogen-bond acceptors (Lipinski definition) is 9. The summed E-state index contributed by atoms with van der Waals surface area (Å²) in [6.07, 6.45) is 2.82. The van der Waals surface area contributed by atoms with Crippen molar-refractivity contribution in [3.63, 3.8) is 0 Å². The lowest BCUT2D eigenvalue weighted by atomic mass is 10.1. The number of nitrogens with one attached hydrogen (secondary N) is 2. The largest absolute Gasteiger partial charge is 0.494 e. The Hall–Kier alpha value is -4.22. The highest BCUT2D eigenvalue weighted by atomic mass is 35.5. The van der Waals surface area contributed by atoms with Crippen molar-refractivity contribution < 1.29 is 18.4 Å². The monoisotopic (exact) mass is 539 g/mol. The number of ether oxygens (including phenoxy) is 2. The number of anilines is 3. The third kappa shape index (κ3) is 6.18. The van der Waals surface area contributed by atoms with Gasteiger partial charge in [0.2, 0.25) is 0 Å². The van der Waals surface area contributed by atoms with Gasteiger partial charge in [-0.1, -0.05) is 17.7 Å². The normalized spacial score (nSPS) is 12.5. The SMILES string of the molecule is [2H]C([2H])([2H])NC(=O)c1cnc(Cl)cc1Nc1cc(COCc2cccc(N)n2)cc(-c2ncn(C(C)C)n2)c1OC. The first kappa shape index (κ1) is 22.9. The number of benzene rings is 1. The van der Waals surface area contributed by atoms with Crippen molar-refractivity contribution in [3.8, 4) is 17.1 Å². The number of nitrogen functional groups attached to an aromatic ring is 1. The molecule has 0 saturated carbocycles. The maximum atomic E-state index is 12.8. The van der Waals surface area contributed by atoms with Crippen LogP contribution in [-0.2, 0) is 18.0 Å². The first-order valence-electron chi connectivity index (χ1n) is 13.1. The molecule has 0 aliphatic heterocycles. The summed E-state index contributed by atoms with van der Waals surface area (Å²) < 4.78 is 35.6. The van der Waals surface area contributed by atoms with Crippen molar-refractivity contribution >= 4 is 34.7 Å². The Morgan fingerprint density at radius 2 is 2.05 bits per heavy atom. The molecule has 0 aliphatic rings. The summed E-state index contributed by atoms with van der Waals surface area (Å²) >= 11 is 6.14. The van der Waals surface area contributed by atoms with Crippen LogP contribution in [0.3, 0.4) is 0 Å². The summed E-state index contributed by atoms with van der Waals surface area (Å²) in [5, 5.41) is 9.80. The van der Waals surface area contributed by atoms with Gasteiger partial charge in [-0.15, -0.1) is 0 Å². The zero-order valence-corrected chi connectivity index (χ0v) is 21.8. The summed E-state index contributed by atoms with van der Waals surface area (Å²) in [5.74, 6) is 0.321. The molecule has 0 fully saturated rings. The molecule has 0 saturated heterocycles. The van der Waals surface area contributed by atoms with E-state index in [1.807, 2.05) is 31.3 Å². The van der Waals surface area contributed by atoms with Gasteiger partial charge in [-0.2, -0.15) is 5.10 Å². The number of carbonyl (C=O) groups is 1. The molecule has 1 amide bonds. The molecule has 0 spiro atoms. The fraction of sp³-hybridized carbons (Fsp3) is 0.269. The highest BCUT2D eigenvalue weighted by Crippen LogP contribution is 2.39. The Labute approximate surface area is 229 Å². The molecule has 4 aromatic rings. The standard InChI is InChI=1S/C26H29ClN8O3/c1-15(2)35-14-31-25(34-35)18-8-16(12-38-13-17-6-5-7-23(28)32-17)9-21(24(18)37-4)33-20-10-22(27)30-11-19(20)26(36)29-3/h5-11,14-15H,12-13H2,1-4H3,(H2,28,32)(H,29,36)(H,30,33)/i3D3. The van der Waals surface area contributed by atoms with Crippen molar-refractivity contribution in [2.24, 2.45) is 0 Å². The van der Waals surface area contributed by atoms with E-state index in [4.69, 9.17) is 30.9 Å². The number of carbonyl (C=O) groups excluding carboxylic acids is 1. The molecule has 0 bridgehead atoms. The van der Waals surface area contributed by atoms with Crippen LogP contribution in [0, 0.1) is 0 Å². The molecule has 4 rings (SSSR count). The quantitative estimate of drug-likeness (QED) is 0.250. The van der Waals surface area contributed by atoms with E-state index in [0.717, 1.165) is 5.56 Å². The zero-order chi connectivity index (χ0) is 29.7. The van der Waals surface area contributed by atoms with Gasteiger partial charge in [-0.25, -0.2) is 19.6 Å². The molecular weight excluding hydrogens is 508 g/mol. The number of hydrogen-bond donors (Lipinski definition) is 3. The molecule has 0 unspecified atom stereocenters. The summed E-state index contributed by atoms with van der Waals surface area (Å²) in [6, 6.07) is 10.4. The Bertz CT molecular complexity index is 1540. The molecule has 0 atom stereocenters. The van der Waals surface area contributed by atoms with Gasteiger partial charge in [0.25, 0.3) is 5.91 Å². The Morgan fingerprint density at radius 1 is 1.21 bits per heavy atom.